The van der Waals surface area contributed by atoms with E-state index in [1.54, 1.807) is 11.3 Å². The molecule has 0 aromatic carbocycles. The van der Waals surface area contributed by atoms with Crippen LogP contribution in [0.5, 0.6) is 0 Å². The summed E-state index contributed by atoms with van der Waals surface area (Å²) in [6, 6.07) is 0. The molecule has 1 N–H and O–H groups in total. The molecule has 1 aromatic heterocycles. The summed E-state index contributed by atoms with van der Waals surface area (Å²) in [4.78, 5) is 16.8. The molecule has 0 saturated carbocycles. The van der Waals surface area contributed by atoms with Gasteiger partial charge in [0.15, 0.2) is 5.96 Å². The smallest absolute Gasteiger partial charge is 0.193 e. The van der Waals surface area contributed by atoms with E-state index in [1.165, 1.54) is 49.6 Å². The van der Waals surface area contributed by atoms with Gasteiger partial charge < -0.3 is 15.0 Å². The summed E-state index contributed by atoms with van der Waals surface area (Å²) in [5.74, 6) is 2.58. The third-order valence-electron chi connectivity index (χ3n) is 6.73. The Kier molecular flexibility index (Phi) is 10.3. The molecule has 0 spiro atoms. The number of nitrogens with zero attached hydrogens (tertiary/aromatic N) is 5. The van der Waals surface area contributed by atoms with Crippen molar-refractivity contribution in [2.45, 2.75) is 32.7 Å². The average molecular weight is 563 g/mol. The van der Waals surface area contributed by atoms with Crippen molar-refractivity contribution < 1.29 is 4.74 Å². The van der Waals surface area contributed by atoms with Crippen molar-refractivity contribution in [2.75, 3.05) is 72.6 Å². The molecule has 0 amide bonds. The maximum atomic E-state index is 5.48. The Morgan fingerprint density at radius 1 is 1.13 bits per heavy atom. The fourth-order valence-corrected chi connectivity index (χ4v) is 5.55. The first-order valence-corrected chi connectivity index (χ1v) is 12.5. The second-order valence-electron chi connectivity index (χ2n) is 9.02. The number of guanidine groups is 1. The van der Waals surface area contributed by atoms with Crippen LogP contribution in [-0.2, 0) is 11.3 Å². The van der Waals surface area contributed by atoms with Crippen molar-refractivity contribution in [3.8, 4) is 0 Å². The monoisotopic (exact) mass is 562 g/mol. The fraction of sp³-hybridized carbons (Fsp3) is 0.818. The molecule has 9 heteroatoms. The number of nitrogens with one attached hydrogen (secondary N) is 1. The van der Waals surface area contributed by atoms with Crippen molar-refractivity contribution in [2.24, 2.45) is 16.8 Å². The quantitative estimate of drug-likeness (QED) is 0.327. The van der Waals surface area contributed by atoms with Crippen molar-refractivity contribution in [1.29, 1.82) is 0 Å². The zero-order valence-electron chi connectivity index (χ0n) is 19.1. The van der Waals surface area contributed by atoms with E-state index in [1.807, 2.05) is 7.05 Å². The first kappa shape index (κ1) is 25.1. The molecule has 0 radical (unpaired) electrons. The zero-order valence-corrected chi connectivity index (χ0v) is 22.2. The van der Waals surface area contributed by atoms with E-state index >= 15 is 0 Å². The lowest BCUT2D eigenvalue weighted by Crippen LogP contribution is -2.45. The Bertz CT molecular complexity index is 687. The number of halogens is 1. The van der Waals surface area contributed by atoms with Gasteiger partial charge in [0, 0.05) is 58.2 Å². The van der Waals surface area contributed by atoms with Gasteiger partial charge in [0.2, 0.25) is 0 Å². The van der Waals surface area contributed by atoms with Crippen molar-refractivity contribution in [3.05, 3.63) is 16.1 Å². The van der Waals surface area contributed by atoms with Gasteiger partial charge in [-0.15, -0.1) is 35.3 Å². The average Bonchev–Trinajstić information content (AvgIpc) is 3.39. The van der Waals surface area contributed by atoms with Crippen molar-refractivity contribution in [3.63, 3.8) is 0 Å². The summed E-state index contributed by atoms with van der Waals surface area (Å²) in [5.41, 5.74) is 1.23. The molecule has 3 aliphatic rings. The Balaban J connectivity index is 0.00000272. The van der Waals surface area contributed by atoms with E-state index in [0.29, 0.717) is 0 Å². The number of likely N-dealkylation sites (tertiary alicyclic amines) is 2. The summed E-state index contributed by atoms with van der Waals surface area (Å²) in [7, 11) is 1.93. The molecule has 3 saturated heterocycles. The Labute approximate surface area is 208 Å². The van der Waals surface area contributed by atoms with Gasteiger partial charge in [-0.2, -0.15) is 0 Å². The third-order valence-corrected chi connectivity index (χ3v) is 7.55. The van der Waals surface area contributed by atoms with Crippen LogP contribution >= 0.6 is 35.3 Å². The lowest BCUT2D eigenvalue weighted by molar-refractivity contribution is 0.0315. The minimum atomic E-state index is 0. The molecular weight excluding hydrogens is 523 g/mol. The maximum absolute atomic E-state index is 5.48. The van der Waals surface area contributed by atoms with E-state index in [0.717, 1.165) is 70.3 Å². The maximum Gasteiger partial charge on any atom is 0.193 e. The summed E-state index contributed by atoms with van der Waals surface area (Å²) < 4.78 is 5.48. The van der Waals surface area contributed by atoms with Gasteiger partial charge in [0.1, 0.15) is 0 Å². The number of hydrogen-bond acceptors (Lipinski definition) is 6. The fourth-order valence-electron chi connectivity index (χ4n) is 4.95. The molecule has 1 unspecified atom stereocenters. The van der Waals surface area contributed by atoms with Crippen LogP contribution in [-0.4, -0.2) is 98.3 Å². The summed E-state index contributed by atoms with van der Waals surface area (Å²) in [6.07, 6.45) is 3.78. The van der Waals surface area contributed by atoms with Gasteiger partial charge in [-0.25, -0.2) is 4.98 Å². The molecule has 1 atom stereocenters. The highest BCUT2D eigenvalue weighted by molar-refractivity contribution is 14.0. The van der Waals surface area contributed by atoms with Gasteiger partial charge in [-0.05, 0) is 51.1 Å². The minimum Gasteiger partial charge on any atom is -0.379 e. The number of thiazole rings is 1. The van der Waals surface area contributed by atoms with E-state index in [-0.39, 0.29) is 24.0 Å². The number of ether oxygens (including phenoxy) is 1. The van der Waals surface area contributed by atoms with E-state index in [4.69, 9.17) is 4.74 Å². The minimum absolute atomic E-state index is 0. The second-order valence-corrected chi connectivity index (χ2v) is 10.1. The highest BCUT2D eigenvalue weighted by Crippen LogP contribution is 2.21. The zero-order chi connectivity index (χ0) is 20.8. The topological polar surface area (TPSA) is 56.2 Å². The van der Waals surface area contributed by atoms with Crippen LogP contribution in [0, 0.1) is 18.8 Å². The van der Waals surface area contributed by atoms with Crippen LogP contribution in [0.3, 0.4) is 0 Å². The van der Waals surface area contributed by atoms with Gasteiger partial charge in [0.05, 0.1) is 23.9 Å². The molecule has 7 nitrogen and oxygen atoms in total. The molecule has 176 valence electrons. The molecule has 1 aromatic rings. The number of aromatic nitrogens is 1. The van der Waals surface area contributed by atoms with Crippen LogP contribution in [0.15, 0.2) is 10.4 Å². The molecule has 0 aliphatic carbocycles. The molecule has 3 aliphatic heterocycles. The number of morpholine rings is 1. The Morgan fingerprint density at radius 2 is 1.87 bits per heavy atom. The van der Waals surface area contributed by atoms with Crippen molar-refractivity contribution in [1.82, 2.24) is 25.0 Å². The first-order valence-electron chi connectivity index (χ1n) is 11.6. The Hall–Kier alpha value is -0.490. The van der Waals surface area contributed by atoms with Crippen LogP contribution in [0.4, 0.5) is 0 Å². The molecule has 4 rings (SSSR count). The lowest BCUT2D eigenvalue weighted by atomic mass is 9.97. The molecular formula is C22H39IN6OS. The predicted octanol–water partition coefficient (Wildman–Crippen LogP) is 2.51. The summed E-state index contributed by atoms with van der Waals surface area (Å²) in [5, 5.41) is 7.06. The molecule has 0 bridgehead atoms. The van der Waals surface area contributed by atoms with E-state index in [2.05, 4.69) is 42.3 Å². The second kappa shape index (κ2) is 12.7. The SMILES string of the molecule is CN=C(NCC1CCN(Cc2csc(C)n2)CC1)N1CCC(CN2CCOCC2)C1.I. The van der Waals surface area contributed by atoms with Crippen LogP contribution in [0.1, 0.15) is 30.0 Å². The van der Waals surface area contributed by atoms with Gasteiger partial charge in [0.25, 0.3) is 0 Å². The largest absolute Gasteiger partial charge is 0.379 e. The van der Waals surface area contributed by atoms with E-state index < -0.39 is 0 Å². The van der Waals surface area contributed by atoms with Crippen LogP contribution in [0.2, 0.25) is 0 Å². The summed E-state index contributed by atoms with van der Waals surface area (Å²) in [6.45, 7) is 13.9. The number of hydrogen-bond donors (Lipinski definition) is 1. The number of rotatable bonds is 6. The molecule has 4 heterocycles. The number of aliphatic imine (C=N–C) groups is 1. The van der Waals surface area contributed by atoms with Gasteiger partial charge in [-0.1, -0.05) is 0 Å². The summed E-state index contributed by atoms with van der Waals surface area (Å²) >= 11 is 1.76. The lowest BCUT2D eigenvalue weighted by Gasteiger charge is -2.32. The van der Waals surface area contributed by atoms with Gasteiger partial charge in [-0.3, -0.25) is 14.8 Å². The highest BCUT2D eigenvalue weighted by Gasteiger charge is 2.28. The van der Waals surface area contributed by atoms with Gasteiger partial charge >= 0.3 is 0 Å². The molecule has 31 heavy (non-hydrogen) atoms. The van der Waals surface area contributed by atoms with Crippen molar-refractivity contribution >= 4 is 41.3 Å². The van der Waals surface area contributed by atoms with E-state index in [9.17, 15) is 0 Å². The van der Waals surface area contributed by atoms with Crippen LogP contribution < -0.4 is 5.32 Å². The normalized spacial score (nSPS) is 24.4. The third kappa shape index (κ3) is 7.52. The number of aryl methyl sites for hydroxylation is 1. The number of piperidine rings is 1. The first-order chi connectivity index (χ1) is 14.7. The Morgan fingerprint density at radius 3 is 2.55 bits per heavy atom. The predicted molar refractivity (Wildman–Crippen MR) is 139 cm³/mol. The highest BCUT2D eigenvalue weighted by atomic mass is 127. The standard InChI is InChI=1S/C22H38N6OS.HI/c1-18-25-21(17-30-18)16-26-6-3-19(4-7-26)13-24-22(23-2)28-8-5-20(15-28)14-27-9-11-29-12-10-27;/h17,19-20H,3-16H2,1-2H3,(H,23,24);1H. The molecule has 3 fully saturated rings. The van der Waals surface area contributed by atoms with Crippen LogP contribution in [0.25, 0.3) is 0 Å².